The second kappa shape index (κ2) is 6.98. The fourth-order valence-electron chi connectivity index (χ4n) is 2.67. The number of aromatic nitrogens is 1. The van der Waals surface area contributed by atoms with E-state index in [2.05, 4.69) is 4.98 Å². The van der Waals surface area contributed by atoms with Gasteiger partial charge in [0.25, 0.3) is 0 Å². The summed E-state index contributed by atoms with van der Waals surface area (Å²) in [5.74, 6) is 0.0564. The molecular formula is C16H18N2O3S. The maximum Gasteiger partial charge on any atom is 0.320 e. The van der Waals surface area contributed by atoms with Crippen LogP contribution in [0.1, 0.15) is 25.0 Å². The van der Waals surface area contributed by atoms with E-state index in [0.717, 1.165) is 35.3 Å². The van der Waals surface area contributed by atoms with Gasteiger partial charge in [-0.3, -0.25) is 9.69 Å². The van der Waals surface area contributed by atoms with Gasteiger partial charge in [-0.2, -0.15) is 0 Å². The Hall–Kier alpha value is -1.79. The van der Waals surface area contributed by atoms with Crippen molar-refractivity contribution in [3.8, 4) is 0 Å². The number of hydrogen-bond donors (Lipinski definition) is 1. The third-order valence-corrected chi connectivity index (χ3v) is 4.61. The van der Waals surface area contributed by atoms with Crippen LogP contribution in [0.4, 0.5) is 0 Å². The summed E-state index contributed by atoms with van der Waals surface area (Å²) in [4.78, 5) is 17.6. The maximum absolute atomic E-state index is 11.3. The first-order valence-corrected chi connectivity index (χ1v) is 8.18. The number of rotatable bonds is 5. The minimum Gasteiger partial charge on any atom is -0.480 e. The summed E-state index contributed by atoms with van der Waals surface area (Å²) in [7, 11) is 0. The fourth-order valence-corrected chi connectivity index (χ4v) is 3.42. The van der Waals surface area contributed by atoms with Crippen LogP contribution in [0, 0.1) is 0 Å². The van der Waals surface area contributed by atoms with Gasteiger partial charge in [0.05, 0.1) is 6.54 Å². The number of piperidine rings is 1. The second-order valence-electron chi connectivity index (χ2n) is 5.31. The van der Waals surface area contributed by atoms with Crippen molar-refractivity contribution in [2.45, 2.75) is 42.0 Å². The summed E-state index contributed by atoms with van der Waals surface area (Å²) in [5.41, 5.74) is 0. The highest BCUT2D eigenvalue weighted by atomic mass is 32.2. The molecule has 2 aromatic rings. The number of carboxylic acids is 1. The van der Waals surface area contributed by atoms with E-state index in [1.165, 1.54) is 11.8 Å². The lowest BCUT2D eigenvalue weighted by Crippen LogP contribution is -2.43. The number of pyridine rings is 1. The maximum atomic E-state index is 11.3. The molecule has 3 rings (SSSR count). The lowest BCUT2D eigenvalue weighted by Gasteiger charge is -2.31. The highest BCUT2D eigenvalue weighted by molar-refractivity contribution is 7.99. The predicted molar refractivity (Wildman–Crippen MR) is 82.8 cm³/mol. The molecule has 1 aliphatic heterocycles. The average molecular weight is 318 g/mol. The SMILES string of the molecule is O=C(O)C1CCCCN1Cc1ccc(Sc2ccccn2)o1. The van der Waals surface area contributed by atoms with Crippen LogP contribution in [0.2, 0.25) is 0 Å². The van der Waals surface area contributed by atoms with Crippen LogP contribution in [0.25, 0.3) is 0 Å². The molecule has 3 heterocycles. The fraction of sp³-hybridized carbons (Fsp3) is 0.375. The Morgan fingerprint density at radius 2 is 2.27 bits per heavy atom. The van der Waals surface area contributed by atoms with E-state index in [4.69, 9.17) is 4.42 Å². The van der Waals surface area contributed by atoms with Gasteiger partial charge < -0.3 is 9.52 Å². The van der Waals surface area contributed by atoms with E-state index in [1.54, 1.807) is 6.20 Å². The molecule has 0 aromatic carbocycles. The largest absolute Gasteiger partial charge is 0.480 e. The standard InChI is InChI=1S/C16H18N2O3S/c19-16(20)13-5-2-4-10-18(13)11-12-7-8-15(21-12)22-14-6-1-3-9-17-14/h1,3,6-9,13H,2,4-5,10-11H2,(H,19,20). The van der Waals surface area contributed by atoms with Crippen LogP contribution in [0.5, 0.6) is 0 Å². The molecule has 1 saturated heterocycles. The molecule has 6 heteroatoms. The molecule has 0 spiro atoms. The summed E-state index contributed by atoms with van der Waals surface area (Å²) in [6.07, 6.45) is 4.48. The summed E-state index contributed by atoms with van der Waals surface area (Å²) in [6.45, 7) is 1.35. The van der Waals surface area contributed by atoms with E-state index >= 15 is 0 Å². The van der Waals surface area contributed by atoms with Crippen LogP contribution in [0.15, 0.2) is 51.1 Å². The molecule has 1 fully saturated rings. The van der Waals surface area contributed by atoms with Crippen molar-refractivity contribution < 1.29 is 14.3 Å². The minimum absolute atomic E-state index is 0.397. The molecule has 2 aromatic heterocycles. The van der Waals surface area contributed by atoms with E-state index in [1.807, 2.05) is 35.2 Å². The van der Waals surface area contributed by atoms with Crippen LogP contribution >= 0.6 is 11.8 Å². The van der Waals surface area contributed by atoms with Crippen LogP contribution in [0.3, 0.4) is 0 Å². The van der Waals surface area contributed by atoms with Gasteiger partial charge >= 0.3 is 5.97 Å². The first-order valence-electron chi connectivity index (χ1n) is 7.37. The molecule has 0 bridgehead atoms. The van der Waals surface area contributed by atoms with Gasteiger partial charge in [0.1, 0.15) is 16.8 Å². The molecule has 0 aliphatic carbocycles. The van der Waals surface area contributed by atoms with Crippen LogP contribution in [-0.4, -0.2) is 33.5 Å². The van der Waals surface area contributed by atoms with Crippen LogP contribution in [-0.2, 0) is 11.3 Å². The molecular weight excluding hydrogens is 300 g/mol. The van der Waals surface area contributed by atoms with Crippen molar-refractivity contribution in [2.75, 3.05) is 6.54 Å². The molecule has 22 heavy (non-hydrogen) atoms. The number of likely N-dealkylation sites (tertiary alicyclic amines) is 1. The molecule has 1 atom stereocenters. The molecule has 1 unspecified atom stereocenters. The van der Waals surface area contributed by atoms with Crippen molar-refractivity contribution in [1.82, 2.24) is 9.88 Å². The predicted octanol–water partition coefficient (Wildman–Crippen LogP) is 3.26. The number of furan rings is 1. The lowest BCUT2D eigenvalue weighted by molar-refractivity contribution is -0.145. The highest BCUT2D eigenvalue weighted by Crippen LogP contribution is 2.28. The Labute approximate surface area is 133 Å². The summed E-state index contributed by atoms with van der Waals surface area (Å²) >= 11 is 1.46. The Balaban J connectivity index is 1.65. The third-order valence-electron chi connectivity index (χ3n) is 3.74. The van der Waals surface area contributed by atoms with Crippen LogP contribution < -0.4 is 0 Å². The van der Waals surface area contributed by atoms with Gasteiger partial charge in [-0.05, 0) is 55.4 Å². The zero-order chi connectivity index (χ0) is 15.4. The van der Waals surface area contributed by atoms with Crippen molar-refractivity contribution in [3.05, 3.63) is 42.3 Å². The Bertz CT molecular complexity index is 629. The normalized spacial score (nSPS) is 19.2. The number of carboxylic acid groups (broad SMARTS) is 1. The summed E-state index contributed by atoms with van der Waals surface area (Å²) < 4.78 is 5.81. The topological polar surface area (TPSA) is 66.6 Å². The van der Waals surface area contributed by atoms with Crippen molar-refractivity contribution >= 4 is 17.7 Å². The lowest BCUT2D eigenvalue weighted by atomic mass is 10.0. The van der Waals surface area contributed by atoms with Crippen molar-refractivity contribution in [1.29, 1.82) is 0 Å². The van der Waals surface area contributed by atoms with Crippen molar-refractivity contribution in [2.24, 2.45) is 0 Å². The number of hydrogen-bond acceptors (Lipinski definition) is 5. The number of carbonyl (C=O) groups is 1. The Morgan fingerprint density at radius 3 is 3.05 bits per heavy atom. The molecule has 1 aliphatic rings. The zero-order valence-corrected chi connectivity index (χ0v) is 13.0. The Morgan fingerprint density at radius 1 is 1.36 bits per heavy atom. The minimum atomic E-state index is -0.741. The highest BCUT2D eigenvalue weighted by Gasteiger charge is 2.28. The van der Waals surface area contributed by atoms with Gasteiger partial charge in [0.15, 0.2) is 5.09 Å². The second-order valence-corrected chi connectivity index (χ2v) is 6.34. The van der Waals surface area contributed by atoms with Crippen molar-refractivity contribution in [3.63, 3.8) is 0 Å². The zero-order valence-electron chi connectivity index (χ0n) is 12.1. The molecule has 0 amide bonds. The first-order chi connectivity index (χ1) is 10.7. The first kappa shape index (κ1) is 15.1. The van der Waals surface area contributed by atoms with Gasteiger partial charge in [-0.1, -0.05) is 12.5 Å². The van der Waals surface area contributed by atoms with Gasteiger partial charge in [0.2, 0.25) is 0 Å². The third kappa shape index (κ3) is 3.69. The Kier molecular flexibility index (Phi) is 4.80. The van der Waals surface area contributed by atoms with Gasteiger partial charge in [-0.15, -0.1) is 0 Å². The van der Waals surface area contributed by atoms with E-state index in [-0.39, 0.29) is 0 Å². The smallest absolute Gasteiger partial charge is 0.320 e. The van der Waals surface area contributed by atoms with Gasteiger partial charge in [0, 0.05) is 6.20 Å². The number of nitrogens with zero attached hydrogens (tertiary/aromatic N) is 2. The van der Waals surface area contributed by atoms with E-state index < -0.39 is 12.0 Å². The monoisotopic (exact) mass is 318 g/mol. The van der Waals surface area contributed by atoms with Gasteiger partial charge in [-0.25, -0.2) is 4.98 Å². The quantitative estimate of drug-likeness (QED) is 0.912. The molecule has 5 nitrogen and oxygen atoms in total. The average Bonchev–Trinajstić information content (AvgIpc) is 2.96. The van der Waals surface area contributed by atoms with E-state index in [9.17, 15) is 9.90 Å². The molecule has 116 valence electrons. The summed E-state index contributed by atoms with van der Waals surface area (Å²) in [5, 5.41) is 11.0. The van der Waals surface area contributed by atoms with E-state index in [0.29, 0.717) is 13.0 Å². The molecule has 0 radical (unpaired) electrons. The molecule has 1 N–H and O–H groups in total. The summed E-state index contributed by atoms with van der Waals surface area (Å²) in [6, 6.07) is 9.17. The number of aliphatic carboxylic acids is 1. The molecule has 0 saturated carbocycles.